The molecule has 2 rings (SSSR count). The highest BCUT2D eigenvalue weighted by atomic mass is 16.3. The van der Waals surface area contributed by atoms with E-state index >= 15 is 0 Å². The van der Waals surface area contributed by atoms with Crippen molar-refractivity contribution >= 4 is 5.91 Å². The van der Waals surface area contributed by atoms with E-state index in [-0.39, 0.29) is 11.9 Å². The van der Waals surface area contributed by atoms with E-state index in [0.717, 1.165) is 32.6 Å². The van der Waals surface area contributed by atoms with Crippen molar-refractivity contribution in [2.24, 2.45) is 5.73 Å². The summed E-state index contributed by atoms with van der Waals surface area (Å²) in [5.74, 6) is 0.196. The number of amides is 1. The van der Waals surface area contributed by atoms with Crippen molar-refractivity contribution in [1.29, 1.82) is 0 Å². The normalized spacial score (nSPS) is 28.8. The Kier molecular flexibility index (Phi) is 5.77. The average molecular weight is 284 g/mol. The molecule has 0 bridgehead atoms. The predicted molar refractivity (Wildman–Crippen MR) is 78.4 cm³/mol. The number of aliphatic hydroxyl groups excluding tert-OH is 1. The molecule has 2 atom stereocenters. The van der Waals surface area contributed by atoms with E-state index < -0.39 is 6.10 Å². The maximum Gasteiger partial charge on any atom is 0.236 e. The van der Waals surface area contributed by atoms with Gasteiger partial charge in [-0.1, -0.05) is 0 Å². The molecule has 2 fully saturated rings. The average Bonchev–Trinajstić information content (AvgIpc) is 2.92. The van der Waals surface area contributed by atoms with Gasteiger partial charge in [0.2, 0.25) is 5.91 Å². The molecule has 0 spiro atoms. The van der Waals surface area contributed by atoms with Crippen LogP contribution < -0.4 is 5.73 Å². The number of hydrogen-bond acceptors (Lipinski definition) is 5. The monoisotopic (exact) mass is 284 g/mol. The van der Waals surface area contributed by atoms with Crippen molar-refractivity contribution in [2.45, 2.75) is 31.4 Å². The molecule has 2 aliphatic heterocycles. The summed E-state index contributed by atoms with van der Waals surface area (Å²) in [6.45, 7) is 5.71. The minimum Gasteiger partial charge on any atom is -0.390 e. The number of carbonyl (C=O) groups excluding carboxylic acids is 1. The van der Waals surface area contributed by atoms with E-state index in [9.17, 15) is 9.90 Å². The van der Waals surface area contributed by atoms with Crippen LogP contribution in [0.1, 0.15) is 19.3 Å². The van der Waals surface area contributed by atoms with Crippen molar-refractivity contribution < 1.29 is 9.90 Å². The molecule has 1 amide bonds. The van der Waals surface area contributed by atoms with Gasteiger partial charge in [-0.05, 0) is 38.9 Å². The molecule has 0 aromatic rings. The number of nitrogens with two attached hydrogens (primary N) is 1. The summed E-state index contributed by atoms with van der Waals surface area (Å²) in [6, 6.07) is -0.0965. The number of hydrogen-bond donors (Lipinski definition) is 2. The zero-order chi connectivity index (χ0) is 14.5. The molecule has 0 saturated carbocycles. The molecular formula is C14H28N4O2. The van der Waals surface area contributed by atoms with Crippen LogP contribution in [0, 0.1) is 0 Å². The molecule has 0 aliphatic carbocycles. The predicted octanol–water partition coefficient (Wildman–Crippen LogP) is -1.07. The first-order valence-electron chi connectivity index (χ1n) is 7.68. The minimum absolute atomic E-state index is 0.0965. The highest BCUT2D eigenvalue weighted by Gasteiger charge is 2.25. The summed E-state index contributed by atoms with van der Waals surface area (Å²) in [7, 11) is 1.87. The third kappa shape index (κ3) is 4.41. The summed E-state index contributed by atoms with van der Waals surface area (Å²) in [5, 5.41) is 9.76. The topological polar surface area (TPSA) is 73.0 Å². The Morgan fingerprint density at radius 1 is 1.30 bits per heavy atom. The number of nitrogens with zero attached hydrogens (tertiary/aromatic N) is 3. The molecule has 2 aliphatic rings. The first kappa shape index (κ1) is 15.7. The quantitative estimate of drug-likeness (QED) is 0.673. The summed E-state index contributed by atoms with van der Waals surface area (Å²) in [4.78, 5) is 18.3. The second-order valence-electron chi connectivity index (χ2n) is 6.12. The Bertz CT molecular complexity index is 320. The molecule has 2 saturated heterocycles. The summed E-state index contributed by atoms with van der Waals surface area (Å²) >= 11 is 0. The van der Waals surface area contributed by atoms with Gasteiger partial charge in [0.05, 0.1) is 12.6 Å². The number of β-amino-alcohol motifs (C(OH)–C–C–N with tert-alkyl or cyclic N) is 1. The largest absolute Gasteiger partial charge is 0.390 e. The Morgan fingerprint density at radius 2 is 2.00 bits per heavy atom. The smallest absolute Gasteiger partial charge is 0.236 e. The van der Waals surface area contributed by atoms with E-state index in [2.05, 4.69) is 9.80 Å². The standard InChI is InChI=1S/C14H28N4O2/c1-16(14(20)11-17-5-2-3-6-17)8-9-18-7-4-12(15)13(19)10-18/h12-13,19H,2-11,15H2,1H3/t12-,13+/m0/s1. The van der Waals surface area contributed by atoms with Crippen LogP contribution >= 0.6 is 0 Å². The van der Waals surface area contributed by atoms with Crippen molar-refractivity contribution in [1.82, 2.24) is 14.7 Å². The number of carbonyl (C=O) groups is 1. The van der Waals surface area contributed by atoms with Crippen LogP contribution in [0.3, 0.4) is 0 Å². The van der Waals surface area contributed by atoms with Gasteiger partial charge >= 0.3 is 0 Å². The lowest BCUT2D eigenvalue weighted by Gasteiger charge is -2.35. The number of aliphatic hydroxyl groups is 1. The molecule has 0 aromatic heterocycles. The zero-order valence-corrected chi connectivity index (χ0v) is 12.5. The Labute approximate surface area is 121 Å². The maximum atomic E-state index is 12.1. The summed E-state index contributed by atoms with van der Waals surface area (Å²) in [6.07, 6.45) is 2.81. The SMILES string of the molecule is CN(CCN1CC[C@H](N)[C@H](O)C1)C(=O)CN1CCCC1. The third-order valence-corrected chi connectivity index (χ3v) is 4.45. The molecule has 2 heterocycles. The van der Waals surface area contributed by atoms with E-state index in [0.29, 0.717) is 19.6 Å². The Hall–Kier alpha value is -0.690. The van der Waals surface area contributed by atoms with Gasteiger partial charge < -0.3 is 15.7 Å². The molecule has 20 heavy (non-hydrogen) atoms. The maximum absolute atomic E-state index is 12.1. The van der Waals surface area contributed by atoms with Crippen molar-refractivity contribution in [3.8, 4) is 0 Å². The number of likely N-dealkylation sites (tertiary alicyclic amines) is 2. The molecule has 0 radical (unpaired) electrons. The Morgan fingerprint density at radius 3 is 2.65 bits per heavy atom. The minimum atomic E-state index is -0.436. The Balaban J connectivity index is 1.66. The van der Waals surface area contributed by atoms with Gasteiger partial charge in [-0.15, -0.1) is 0 Å². The van der Waals surface area contributed by atoms with Crippen LogP contribution in [0.2, 0.25) is 0 Å². The van der Waals surface area contributed by atoms with Gasteiger partial charge in [-0.25, -0.2) is 0 Å². The summed E-state index contributed by atoms with van der Waals surface area (Å²) in [5.41, 5.74) is 5.79. The molecule has 6 nitrogen and oxygen atoms in total. The highest BCUT2D eigenvalue weighted by Crippen LogP contribution is 2.09. The van der Waals surface area contributed by atoms with Crippen molar-refractivity contribution in [2.75, 3.05) is 52.9 Å². The fourth-order valence-corrected chi connectivity index (χ4v) is 2.89. The molecule has 3 N–H and O–H groups in total. The summed E-state index contributed by atoms with van der Waals surface area (Å²) < 4.78 is 0. The van der Waals surface area contributed by atoms with E-state index in [1.165, 1.54) is 12.8 Å². The van der Waals surface area contributed by atoms with Gasteiger partial charge in [-0.3, -0.25) is 14.6 Å². The third-order valence-electron chi connectivity index (χ3n) is 4.45. The fraction of sp³-hybridized carbons (Fsp3) is 0.929. The van der Waals surface area contributed by atoms with Crippen LogP contribution in [-0.4, -0.2) is 90.7 Å². The van der Waals surface area contributed by atoms with E-state index in [4.69, 9.17) is 5.73 Å². The molecule has 0 unspecified atom stereocenters. The number of rotatable bonds is 5. The lowest BCUT2D eigenvalue weighted by molar-refractivity contribution is -0.131. The van der Waals surface area contributed by atoms with Gasteiger partial charge in [0.15, 0.2) is 0 Å². The second kappa shape index (κ2) is 7.36. The lowest BCUT2D eigenvalue weighted by Crippen LogP contribution is -2.52. The number of likely N-dealkylation sites (N-methyl/N-ethyl adjacent to an activating group) is 1. The molecule has 0 aromatic carbocycles. The van der Waals surface area contributed by atoms with Crippen LogP contribution in [0.25, 0.3) is 0 Å². The first-order chi connectivity index (χ1) is 9.56. The molecule has 6 heteroatoms. The first-order valence-corrected chi connectivity index (χ1v) is 7.68. The van der Waals surface area contributed by atoms with E-state index in [1.54, 1.807) is 4.90 Å². The highest BCUT2D eigenvalue weighted by molar-refractivity contribution is 5.78. The molecule has 116 valence electrons. The fourth-order valence-electron chi connectivity index (χ4n) is 2.89. The van der Waals surface area contributed by atoms with Crippen LogP contribution in [0.5, 0.6) is 0 Å². The molecular weight excluding hydrogens is 256 g/mol. The zero-order valence-electron chi connectivity index (χ0n) is 12.5. The van der Waals surface area contributed by atoms with Gasteiger partial charge in [0.25, 0.3) is 0 Å². The lowest BCUT2D eigenvalue weighted by atomic mass is 10.0. The van der Waals surface area contributed by atoms with Crippen LogP contribution in [-0.2, 0) is 4.79 Å². The van der Waals surface area contributed by atoms with Gasteiger partial charge in [-0.2, -0.15) is 0 Å². The van der Waals surface area contributed by atoms with Crippen LogP contribution in [0.4, 0.5) is 0 Å². The van der Waals surface area contributed by atoms with E-state index in [1.807, 2.05) is 7.05 Å². The second-order valence-corrected chi connectivity index (χ2v) is 6.12. The number of piperidine rings is 1. The van der Waals surface area contributed by atoms with Crippen LogP contribution in [0.15, 0.2) is 0 Å². The van der Waals surface area contributed by atoms with Gasteiger partial charge in [0.1, 0.15) is 0 Å². The van der Waals surface area contributed by atoms with Crippen molar-refractivity contribution in [3.63, 3.8) is 0 Å². The van der Waals surface area contributed by atoms with Gasteiger partial charge in [0, 0.05) is 32.7 Å². The van der Waals surface area contributed by atoms with Crippen molar-refractivity contribution in [3.05, 3.63) is 0 Å².